The number of cyclic esters (lactones) is 2. The molecule has 3 nitrogen and oxygen atoms in total. The van der Waals surface area contributed by atoms with E-state index in [0.717, 1.165) is 15.6 Å². The van der Waals surface area contributed by atoms with E-state index in [1.807, 2.05) is 25.1 Å². The molecule has 0 N–H and O–H groups in total. The summed E-state index contributed by atoms with van der Waals surface area (Å²) < 4.78 is 5.43. The van der Waals surface area contributed by atoms with Crippen LogP contribution < -0.4 is 0 Å². The van der Waals surface area contributed by atoms with Crippen LogP contribution in [0.3, 0.4) is 0 Å². The lowest BCUT2D eigenvalue weighted by molar-refractivity contribution is -0.152. The third kappa shape index (κ3) is 1.95. The highest BCUT2D eigenvalue weighted by atomic mass is 79.9. The fourth-order valence-electron chi connectivity index (χ4n) is 1.70. The summed E-state index contributed by atoms with van der Waals surface area (Å²) in [7, 11) is 0. The molecular weight excluding hydrogens is 260 g/mol. The van der Waals surface area contributed by atoms with Gasteiger partial charge >= 0.3 is 11.9 Å². The molecule has 0 bridgehead atoms. The molecule has 1 aromatic rings. The average molecular weight is 269 g/mol. The number of hydrogen-bond donors (Lipinski definition) is 0. The molecule has 2 rings (SSSR count). The van der Waals surface area contributed by atoms with E-state index in [0.29, 0.717) is 0 Å². The van der Waals surface area contributed by atoms with Crippen molar-refractivity contribution in [2.75, 3.05) is 0 Å². The molecule has 1 aromatic carbocycles. The van der Waals surface area contributed by atoms with Crippen LogP contribution in [0.1, 0.15) is 23.5 Å². The van der Waals surface area contributed by atoms with Crippen LogP contribution >= 0.6 is 15.9 Å². The normalized spacial score (nSPS) is 20.5. The van der Waals surface area contributed by atoms with Crippen LogP contribution in [-0.4, -0.2) is 11.9 Å². The number of carbonyl (C=O) groups is 2. The molecule has 78 valence electrons. The summed E-state index contributed by atoms with van der Waals surface area (Å²) in [5, 5.41) is 0. The van der Waals surface area contributed by atoms with Crippen molar-refractivity contribution in [3.8, 4) is 0 Å². The largest absolute Gasteiger partial charge is 0.393 e. The van der Waals surface area contributed by atoms with Crippen LogP contribution in [-0.2, 0) is 14.3 Å². The van der Waals surface area contributed by atoms with Gasteiger partial charge in [0.1, 0.15) is 0 Å². The van der Waals surface area contributed by atoms with Gasteiger partial charge in [0.25, 0.3) is 0 Å². The number of aryl methyl sites for hydroxylation is 1. The summed E-state index contributed by atoms with van der Waals surface area (Å²) in [6, 6.07) is 5.68. The Hall–Kier alpha value is -1.16. The van der Waals surface area contributed by atoms with Gasteiger partial charge in [0.15, 0.2) is 0 Å². The van der Waals surface area contributed by atoms with E-state index in [-0.39, 0.29) is 6.42 Å². The molecule has 1 unspecified atom stereocenters. The number of hydrogen-bond acceptors (Lipinski definition) is 3. The molecule has 0 radical (unpaired) electrons. The lowest BCUT2D eigenvalue weighted by Gasteiger charge is -2.09. The quantitative estimate of drug-likeness (QED) is 0.580. The summed E-state index contributed by atoms with van der Waals surface area (Å²) in [6.07, 6.45) is 0.149. The van der Waals surface area contributed by atoms with Gasteiger partial charge in [-0.05, 0) is 30.2 Å². The summed E-state index contributed by atoms with van der Waals surface area (Å²) in [6.45, 7) is 1.91. The van der Waals surface area contributed by atoms with Crippen molar-refractivity contribution in [3.63, 3.8) is 0 Å². The predicted octanol–water partition coefficient (Wildman–Crippen LogP) is 2.31. The van der Waals surface area contributed by atoms with E-state index in [1.165, 1.54) is 0 Å². The lowest BCUT2D eigenvalue weighted by Crippen LogP contribution is -2.07. The van der Waals surface area contributed by atoms with E-state index in [4.69, 9.17) is 0 Å². The topological polar surface area (TPSA) is 43.4 Å². The zero-order valence-corrected chi connectivity index (χ0v) is 9.71. The predicted molar refractivity (Wildman–Crippen MR) is 57.3 cm³/mol. The molecule has 1 saturated heterocycles. The molecule has 1 fully saturated rings. The first-order chi connectivity index (χ1) is 7.08. The fourth-order valence-corrected chi connectivity index (χ4v) is 2.08. The van der Waals surface area contributed by atoms with Gasteiger partial charge in [-0.25, -0.2) is 0 Å². The van der Waals surface area contributed by atoms with Crippen molar-refractivity contribution in [2.24, 2.45) is 0 Å². The van der Waals surface area contributed by atoms with Crippen LogP contribution in [0.25, 0.3) is 0 Å². The fraction of sp³-hybridized carbons (Fsp3) is 0.273. The van der Waals surface area contributed by atoms with E-state index < -0.39 is 17.9 Å². The highest BCUT2D eigenvalue weighted by Crippen LogP contribution is 2.31. The second-order valence-corrected chi connectivity index (χ2v) is 4.47. The summed E-state index contributed by atoms with van der Waals surface area (Å²) in [5.41, 5.74) is 1.86. The Bertz CT molecular complexity index is 439. The Labute approximate surface area is 95.6 Å². The van der Waals surface area contributed by atoms with Crippen LogP contribution in [0.5, 0.6) is 0 Å². The van der Waals surface area contributed by atoms with Crippen molar-refractivity contribution < 1.29 is 14.3 Å². The van der Waals surface area contributed by atoms with Crippen molar-refractivity contribution in [2.45, 2.75) is 19.3 Å². The van der Waals surface area contributed by atoms with Crippen LogP contribution in [0.15, 0.2) is 22.7 Å². The Kier molecular flexibility index (Phi) is 2.61. The molecule has 0 aliphatic carbocycles. The maximum atomic E-state index is 11.4. The van der Waals surface area contributed by atoms with Gasteiger partial charge < -0.3 is 4.74 Å². The Morgan fingerprint density at radius 1 is 1.40 bits per heavy atom. The number of carbonyl (C=O) groups excluding carboxylic acids is 2. The molecule has 1 atom stereocenters. The third-order valence-electron chi connectivity index (χ3n) is 2.49. The van der Waals surface area contributed by atoms with Crippen LogP contribution in [0, 0.1) is 6.92 Å². The Balaban J connectivity index is 2.41. The first-order valence-electron chi connectivity index (χ1n) is 4.58. The van der Waals surface area contributed by atoms with Gasteiger partial charge in [-0.15, -0.1) is 0 Å². The maximum Gasteiger partial charge on any atom is 0.321 e. The van der Waals surface area contributed by atoms with Crippen molar-refractivity contribution in [3.05, 3.63) is 33.8 Å². The van der Waals surface area contributed by atoms with Crippen molar-refractivity contribution >= 4 is 27.9 Å². The highest BCUT2D eigenvalue weighted by molar-refractivity contribution is 9.10. The molecule has 15 heavy (non-hydrogen) atoms. The molecule has 0 spiro atoms. The first kappa shape index (κ1) is 10.4. The number of halogens is 1. The lowest BCUT2D eigenvalue weighted by atomic mass is 9.94. The standard InChI is InChI=1S/C11H9BrO3/c1-6-2-3-7(12)4-8(6)9-5-10(13)15-11(9)14/h2-4,9H,5H2,1H3. The molecule has 4 heteroatoms. The van der Waals surface area contributed by atoms with Crippen LogP contribution in [0.4, 0.5) is 0 Å². The van der Waals surface area contributed by atoms with Crippen LogP contribution in [0.2, 0.25) is 0 Å². The molecule has 1 aliphatic rings. The third-order valence-corrected chi connectivity index (χ3v) is 2.98. The highest BCUT2D eigenvalue weighted by Gasteiger charge is 2.35. The smallest absolute Gasteiger partial charge is 0.321 e. The number of benzene rings is 1. The number of ether oxygens (including phenoxy) is 1. The summed E-state index contributed by atoms with van der Waals surface area (Å²) >= 11 is 3.34. The number of esters is 2. The Morgan fingerprint density at radius 3 is 2.73 bits per heavy atom. The summed E-state index contributed by atoms with van der Waals surface area (Å²) in [5.74, 6) is -1.32. The molecule has 1 aliphatic heterocycles. The summed E-state index contributed by atoms with van der Waals surface area (Å²) in [4.78, 5) is 22.4. The molecule has 0 saturated carbocycles. The van der Waals surface area contributed by atoms with Gasteiger partial charge in [-0.1, -0.05) is 22.0 Å². The SMILES string of the molecule is Cc1ccc(Br)cc1C1CC(=O)OC1=O. The van der Waals surface area contributed by atoms with Crippen molar-refractivity contribution in [1.82, 2.24) is 0 Å². The van der Waals surface area contributed by atoms with E-state index in [9.17, 15) is 9.59 Å². The van der Waals surface area contributed by atoms with Gasteiger partial charge in [-0.3, -0.25) is 9.59 Å². The minimum Gasteiger partial charge on any atom is -0.393 e. The van der Waals surface area contributed by atoms with E-state index >= 15 is 0 Å². The monoisotopic (exact) mass is 268 g/mol. The van der Waals surface area contributed by atoms with E-state index in [1.54, 1.807) is 0 Å². The molecule has 0 aromatic heterocycles. The number of rotatable bonds is 1. The second-order valence-electron chi connectivity index (χ2n) is 3.55. The minimum atomic E-state index is -0.443. The maximum absolute atomic E-state index is 11.4. The molecule has 0 amide bonds. The van der Waals surface area contributed by atoms with Gasteiger partial charge in [-0.2, -0.15) is 0 Å². The zero-order chi connectivity index (χ0) is 11.0. The molecular formula is C11H9BrO3. The minimum absolute atomic E-state index is 0.149. The average Bonchev–Trinajstić information content (AvgIpc) is 2.50. The molecule has 1 heterocycles. The van der Waals surface area contributed by atoms with Gasteiger partial charge in [0.2, 0.25) is 0 Å². The second kappa shape index (κ2) is 3.77. The first-order valence-corrected chi connectivity index (χ1v) is 5.38. The zero-order valence-electron chi connectivity index (χ0n) is 8.12. The van der Waals surface area contributed by atoms with Crippen molar-refractivity contribution in [1.29, 1.82) is 0 Å². The van der Waals surface area contributed by atoms with Gasteiger partial charge in [0, 0.05) is 4.47 Å². The van der Waals surface area contributed by atoms with E-state index in [2.05, 4.69) is 20.7 Å². The van der Waals surface area contributed by atoms with Gasteiger partial charge in [0.05, 0.1) is 12.3 Å². The Morgan fingerprint density at radius 2 is 2.13 bits per heavy atom.